The van der Waals surface area contributed by atoms with Gasteiger partial charge in [0.2, 0.25) is 5.91 Å². The van der Waals surface area contributed by atoms with E-state index < -0.39 is 27.4 Å². The Morgan fingerprint density at radius 2 is 1.90 bits per heavy atom. The van der Waals surface area contributed by atoms with Crippen molar-refractivity contribution in [3.05, 3.63) is 28.2 Å². The summed E-state index contributed by atoms with van der Waals surface area (Å²) in [6.07, 6.45) is 5.62. The molecule has 4 fully saturated rings. The fourth-order valence-electron chi connectivity index (χ4n) is 6.10. The predicted octanol–water partition coefficient (Wildman–Crippen LogP) is 3.19. The Bertz CT molecular complexity index is 905. The molecule has 0 aromatic heterocycles. The Balaban J connectivity index is 1.37. The molecular weight excluding hydrogens is 437 g/mol. The van der Waals surface area contributed by atoms with E-state index in [2.05, 4.69) is 5.32 Å². The summed E-state index contributed by atoms with van der Waals surface area (Å²) in [5.74, 6) is -0.592. The van der Waals surface area contributed by atoms with Gasteiger partial charge in [-0.3, -0.25) is 4.79 Å². The highest BCUT2D eigenvalue weighted by atomic mass is 35.5. The largest absolute Gasteiger partial charge is 0.476 e. The van der Waals surface area contributed by atoms with Crippen LogP contribution in [0.4, 0.5) is 0 Å². The average molecular weight is 462 g/mol. The van der Waals surface area contributed by atoms with E-state index in [0.29, 0.717) is 16.9 Å². The summed E-state index contributed by atoms with van der Waals surface area (Å²) in [4.78, 5) is 12.6. The lowest BCUT2D eigenvalue weighted by Crippen LogP contribution is -2.64. The van der Waals surface area contributed by atoms with Gasteiger partial charge >= 0.3 is 0 Å². The van der Waals surface area contributed by atoms with Crippen LogP contribution >= 0.6 is 23.2 Å². The zero-order valence-electron chi connectivity index (χ0n) is 16.0. The summed E-state index contributed by atoms with van der Waals surface area (Å²) in [6.45, 7) is 0.131. The van der Waals surface area contributed by atoms with Gasteiger partial charge < -0.3 is 15.2 Å². The molecular formula is C20H25Cl2NO5S. The number of halogens is 2. The van der Waals surface area contributed by atoms with Crippen LogP contribution in [0.1, 0.15) is 38.5 Å². The van der Waals surface area contributed by atoms with Gasteiger partial charge in [-0.15, -0.1) is 0 Å². The molecule has 1 aromatic rings. The van der Waals surface area contributed by atoms with Gasteiger partial charge in [0.1, 0.15) is 11.5 Å². The molecule has 1 amide bonds. The number of carbonyl (C=O) groups excluding carboxylic acids is 1. The second-order valence-corrected chi connectivity index (χ2v) is 12.0. The summed E-state index contributed by atoms with van der Waals surface area (Å²) in [5, 5.41) is 13.6. The SMILES string of the molecule is O=C(CS(=O)(=O)COc1ccc(Cl)cc1Cl)NC12CC3CC(CC(CO)(C3)C1)C2. The summed E-state index contributed by atoms with van der Waals surface area (Å²) in [6, 6.07) is 4.50. The van der Waals surface area contributed by atoms with Crippen molar-refractivity contribution in [1.82, 2.24) is 5.32 Å². The third-order valence-corrected chi connectivity index (χ3v) is 8.27. The number of aliphatic hydroxyl groups is 1. The van der Waals surface area contributed by atoms with Gasteiger partial charge in [0, 0.05) is 17.2 Å². The highest BCUT2D eigenvalue weighted by molar-refractivity contribution is 7.91. The minimum absolute atomic E-state index is 0.120. The molecule has 9 heteroatoms. The second-order valence-electron chi connectivity index (χ2n) is 9.17. The van der Waals surface area contributed by atoms with Crippen LogP contribution in [-0.4, -0.2) is 43.3 Å². The van der Waals surface area contributed by atoms with E-state index in [1.165, 1.54) is 12.1 Å². The third-order valence-electron chi connectivity index (χ3n) is 6.56. The first-order valence-corrected chi connectivity index (χ1v) is 12.4. The highest BCUT2D eigenvalue weighted by Crippen LogP contribution is 2.61. The van der Waals surface area contributed by atoms with Crippen LogP contribution < -0.4 is 10.1 Å². The van der Waals surface area contributed by atoms with Crippen LogP contribution in [-0.2, 0) is 14.6 Å². The second kappa shape index (κ2) is 7.59. The third kappa shape index (κ3) is 4.53. The number of hydrogen-bond acceptors (Lipinski definition) is 5. The molecule has 2 unspecified atom stereocenters. The normalized spacial score (nSPS) is 32.9. The van der Waals surface area contributed by atoms with E-state index in [1.807, 2.05) is 0 Å². The number of rotatable bonds is 7. The molecule has 5 rings (SSSR count). The molecule has 0 saturated heterocycles. The molecule has 2 atom stereocenters. The molecule has 2 N–H and O–H groups in total. The maximum Gasteiger partial charge on any atom is 0.235 e. The number of sulfone groups is 1. The van der Waals surface area contributed by atoms with Crippen molar-refractivity contribution in [1.29, 1.82) is 0 Å². The molecule has 29 heavy (non-hydrogen) atoms. The molecule has 0 aliphatic heterocycles. The summed E-state index contributed by atoms with van der Waals surface area (Å²) in [7, 11) is -3.79. The van der Waals surface area contributed by atoms with Gasteiger partial charge in [-0.25, -0.2) is 8.42 Å². The molecule has 160 valence electrons. The number of ether oxygens (including phenoxy) is 1. The molecule has 4 bridgehead atoms. The molecule has 0 radical (unpaired) electrons. The van der Waals surface area contributed by atoms with Gasteiger partial charge in [0.25, 0.3) is 0 Å². The number of aliphatic hydroxyl groups excluding tert-OH is 1. The predicted molar refractivity (Wildman–Crippen MR) is 111 cm³/mol. The maximum absolute atomic E-state index is 12.6. The Morgan fingerprint density at radius 3 is 2.52 bits per heavy atom. The fourth-order valence-corrected chi connectivity index (χ4v) is 7.43. The van der Waals surface area contributed by atoms with E-state index in [4.69, 9.17) is 27.9 Å². The number of amides is 1. The van der Waals surface area contributed by atoms with Gasteiger partial charge in [0.05, 0.1) is 5.02 Å². The van der Waals surface area contributed by atoms with E-state index in [-0.39, 0.29) is 28.3 Å². The topological polar surface area (TPSA) is 92.7 Å². The Labute approximate surface area is 180 Å². The van der Waals surface area contributed by atoms with Crippen LogP contribution in [0, 0.1) is 17.3 Å². The first-order chi connectivity index (χ1) is 13.6. The van der Waals surface area contributed by atoms with Gasteiger partial charge in [-0.2, -0.15) is 0 Å². The Hall–Kier alpha value is -1.02. The van der Waals surface area contributed by atoms with Crippen molar-refractivity contribution in [3.8, 4) is 5.75 Å². The Morgan fingerprint density at radius 1 is 1.21 bits per heavy atom. The smallest absolute Gasteiger partial charge is 0.235 e. The maximum atomic E-state index is 12.6. The van der Waals surface area contributed by atoms with Crippen molar-refractivity contribution in [2.45, 2.75) is 44.1 Å². The zero-order chi connectivity index (χ0) is 20.9. The summed E-state index contributed by atoms with van der Waals surface area (Å²) in [5.41, 5.74) is -0.509. The van der Waals surface area contributed by atoms with Crippen molar-refractivity contribution in [3.63, 3.8) is 0 Å². The van der Waals surface area contributed by atoms with Crippen LogP contribution in [0.25, 0.3) is 0 Å². The molecule has 0 heterocycles. The molecule has 1 aromatic carbocycles. The molecule has 4 saturated carbocycles. The van der Waals surface area contributed by atoms with Crippen molar-refractivity contribution >= 4 is 38.9 Å². The number of nitrogens with one attached hydrogen (secondary N) is 1. The monoisotopic (exact) mass is 461 g/mol. The lowest BCUT2D eigenvalue weighted by atomic mass is 9.47. The fraction of sp³-hybridized carbons (Fsp3) is 0.650. The van der Waals surface area contributed by atoms with E-state index >= 15 is 0 Å². The van der Waals surface area contributed by atoms with Gasteiger partial charge in [0.15, 0.2) is 15.8 Å². The lowest BCUT2D eigenvalue weighted by molar-refractivity contribution is -0.132. The Kier molecular flexibility index (Phi) is 5.55. The highest BCUT2D eigenvalue weighted by Gasteiger charge is 2.58. The van der Waals surface area contributed by atoms with Crippen LogP contribution in [0.15, 0.2) is 18.2 Å². The lowest BCUT2D eigenvalue weighted by Gasteiger charge is -2.61. The van der Waals surface area contributed by atoms with Crippen LogP contribution in [0.2, 0.25) is 10.0 Å². The number of benzene rings is 1. The van der Waals surface area contributed by atoms with Crippen molar-refractivity contribution in [2.24, 2.45) is 17.3 Å². The number of carbonyl (C=O) groups is 1. The molecule has 0 spiro atoms. The van der Waals surface area contributed by atoms with Gasteiger partial charge in [-0.05, 0) is 74.0 Å². The van der Waals surface area contributed by atoms with Crippen molar-refractivity contribution < 1.29 is 23.1 Å². The summed E-state index contributed by atoms with van der Waals surface area (Å²) >= 11 is 11.8. The summed E-state index contributed by atoms with van der Waals surface area (Å²) < 4.78 is 30.1. The van der Waals surface area contributed by atoms with Crippen LogP contribution in [0.3, 0.4) is 0 Å². The number of hydrogen-bond donors (Lipinski definition) is 2. The standard InChI is InChI=1S/C20H25Cl2NO5S/c21-15-1-2-17(16(22)4-15)28-12-29(26,27)9-18(25)23-20-7-13-3-14(8-20)6-19(5-13,10-20)11-24/h1-2,4,13-14,24H,3,5-12H2,(H,23,25). The minimum atomic E-state index is -3.79. The van der Waals surface area contributed by atoms with Crippen molar-refractivity contribution in [2.75, 3.05) is 18.3 Å². The molecule has 4 aliphatic rings. The molecule has 6 nitrogen and oxygen atoms in total. The first kappa shape index (κ1) is 21.2. The van der Waals surface area contributed by atoms with E-state index in [9.17, 15) is 18.3 Å². The van der Waals surface area contributed by atoms with E-state index in [1.54, 1.807) is 6.07 Å². The minimum Gasteiger partial charge on any atom is -0.476 e. The molecule has 4 aliphatic carbocycles. The first-order valence-electron chi connectivity index (χ1n) is 9.82. The average Bonchev–Trinajstić information content (AvgIpc) is 2.58. The van der Waals surface area contributed by atoms with E-state index in [0.717, 1.165) is 38.5 Å². The quantitative estimate of drug-likeness (QED) is 0.650. The van der Waals surface area contributed by atoms with Gasteiger partial charge in [-0.1, -0.05) is 23.2 Å². The van der Waals surface area contributed by atoms with Crippen LogP contribution in [0.5, 0.6) is 5.75 Å². The zero-order valence-corrected chi connectivity index (χ0v) is 18.3.